The van der Waals surface area contributed by atoms with Crippen molar-refractivity contribution in [2.45, 2.75) is 6.92 Å². The standard InChI is InChI=1S/C18H14Cl2N4O/c1-12-16(17(20)24(23-12)15-5-3-2-4-6-15)11-21-22-18(25)13-7-9-14(19)10-8-13/h2-11H,1H3,(H,22,25)/b21-11+. The second-order valence-electron chi connectivity index (χ2n) is 5.24. The van der Waals surface area contributed by atoms with Crippen LogP contribution >= 0.6 is 23.2 Å². The van der Waals surface area contributed by atoms with Crippen LogP contribution < -0.4 is 5.43 Å². The van der Waals surface area contributed by atoms with Gasteiger partial charge in [0.15, 0.2) is 0 Å². The first-order chi connectivity index (χ1) is 12.1. The molecule has 3 aromatic rings. The molecular formula is C18H14Cl2N4O. The molecule has 3 rings (SSSR count). The maximum atomic E-state index is 12.0. The van der Waals surface area contributed by atoms with Crippen molar-refractivity contribution in [2.75, 3.05) is 0 Å². The summed E-state index contributed by atoms with van der Waals surface area (Å²) in [6, 6.07) is 16.1. The molecule has 5 nitrogen and oxygen atoms in total. The lowest BCUT2D eigenvalue weighted by Crippen LogP contribution is -2.17. The number of nitrogens with one attached hydrogen (secondary N) is 1. The van der Waals surface area contributed by atoms with Crippen LogP contribution in [0.1, 0.15) is 21.6 Å². The average Bonchev–Trinajstić information content (AvgIpc) is 2.91. The molecule has 0 unspecified atom stereocenters. The van der Waals surface area contributed by atoms with Gasteiger partial charge in [0.25, 0.3) is 5.91 Å². The molecule has 126 valence electrons. The highest BCUT2D eigenvalue weighted by atomic mass is 35.5. The molecule has 0 radical (unpaired) electrons. The fraction of sp³-hybridized carbons (Fsp3) is 0.0556. The second-order valence-corrected chi connectivity index (χ2v) is 6.04. The van der Waals surface area contributed by atoms with Gasteiger partial charge >= 0.3 is 0 Å². The van der Waals surface area contributed by atoms with E-state index in [1.54, 1.807) is 28.9 Å². The van der Waals surface area contributed by atoms with Gasteiger partial charge in [-0.05, 0) is 43.3 Å². The van der Waals surface area contributed by atoms with E-state index >= 15 is 0 Å². The van der Waals surface area contributed by atoms with Crippen LogP contribution in [0.2, 0.25) is 10.2 Å². The summed E-state index contributed by atoms with van der Waals surface area (Å²) in [5.41, 5.74) is 5.12. The highest BCUT2D eigenvalue weighted by Gasteiger charge is 2.13. The molecule has 1 amide bonds. The van der Waals surface area contributed by atoms with Gasteiger partial charge in [-0.2, -0.15) is 10.2 Å². The minimum Gasteiger partial charge on any atom is -0.267 e. The van der Waals surface area contributed by atoms with Crippen molar-refractivity contribution in [1.29, 1.82) is 0 Å². The Morgan fingerprint density at radius 3 is 2.48 bits per heavy atom. The molecule has 1 heterocycles. The van der Waals surface area contributed by atoms with Crippen molar-refractivity contribution in [3.05, 3.63) is 81.6 Å². The van der Waals surface area contributed by atoms with E-state index in [2.05, 4.69) is 15.6 Å². The Kier molecular flexibility index (Phi) is 5.16. The van der Waals surface area contributed by atoms with Crippen LogP contribution in [0.15, 0.2) is 59.7 Å². The third-order valence-corrected chi connectivity index (χ3v) is 4.13. The molecule has 0 fully saturated rings. The SMILES string of the molecule is Cc1nn(-c2ccccc2)c(Cl)c1/C=N/NC(=O)c1ccc(Cl)cc1. The van der Waals surface area contributed by atoms with Crippen LogP contribution in [0.3, 0.4) is 0 Å². The highest BCUT2D eigenvalue weighted by Crippen LogP contribution is 2.21. The first-order valence-corrected chi connectivity index (χ1v) is 8.21. The lowest BCUT2D eigenvalue weighted by molar-refractivity contribution is 0.0955. The number of carbonyl (C=O) groups excluding carboxylic acids is 1. The molecule has 0 saturated heterocycles. The summed E-state index contributed by atoms with van der Waals surface area (Å²) in [5, 5.41) is 9.38. The molecule has 0 atom stereocenters. The van der Waals surface area contributed by atoms with E-state index in [1.165, 1.54) is 6.21 Å². The van der Waals surface area contributed by atoms with Gasteiger partial charge in [-0.15, -0.1) is 0 Å². The van der Waals surface area contributed by atoms with Gasteiger partial charge in [-0.1, -0.05) is 41.4 Å². The zero-order valence-corrected chi connectivity index (χ0v) is 14.8. The van der Waals surface area contributed by atoms with Crippen LogP contribution in [-0.4, -0.2) is 21.9 Å². The van der Waals surface area contributed by atoms with E-state index in [0.29, 0.717) is 27.0 Å². The van der Waals surface area contributed by atoms with Gasteiger partial charge in [-0.25, -0.2) is 10.1 Å². The number of benzene rings is 2. The van der Waals surface area contributed by atoms with Crippen LogP contribution in [0, 0.1) is 6.92 Å². The average molecular weight is 373 g/mol. The van der Waals surface area contributed by atoms with Crippen LogP contribution in [0.25, 0.3) is 5.69 Å². The van der Waals surface area contributed by atoms with Gasteiger partial charge in [0.2, 0.25) is 0 Å². The Morgan fingerprint density at radius 1 is 1.12 bits per heavy atom. The molecule has 0 aliphatic heterocycles. The van der Waals surface area contributed by atoms with Crippen molar-refractivity contribution in [3.8, 4) is 5.69 Å². The molecule has 25 heavy (non-hydrogen) atoms. The molecule has 0 bridgehead atoms. The Hall–Kier alpha value is -2.63. The summed E-state index contributed by atoms with van der Waals surface area (Å²) in [4.78, 5) is 12.0. The summed E-state index contributed by atoms with van der Waals surface area (Å²) in [5.74, 6) is -0.336. The third-order valence-electron chi connectivity index (χ3n) is 3.51. The number of rotatable bonds is 4. The van der Waals surface area contributed by atoms with E-state index in [0.717, 1.165) is 5.69 Å². The van der Waals surface area contributed by atoms with E-state index in [4.69, 9.17) is 23.2 Å². The molecule has 0 aliphatic rings. The first-order valence-electron chi connectivity index (χ1n) is 7.46. The fourth-order valence-electron chi connectivity index (χ4n) is 2.22. The number of nitrogens with zero attached hydrogens (tertiary/aromatic N) is 3. The van der Waals surface area contributed by atoms with Gasteiger partial charge < -0.3 is 0 Å². The summed E-state index contributed by atoms with van der Waals surface area (Å²) >= 11 is 12.2. The molecule has 2 aromatic carbocycles. The number of aromatic nitrogens is 2. The molecule has 1 N–H and O–H groups in total. The Morgan fingerprint density at radius 2 is 1.80 bits per heavy atom. The molecular weight excluding hydrogens is 359 g/mol. The lowest BCUT2D eigenvalue weighted by Gasteiger charge is -2.02. The smallest absolute Gasteiger partial charge is 0.267 e. The van der Waals surface area contributed by atoms with Gasteiger partial charge in [0, 0.05) is 10.6 Å². The van der Waals surface area contributed by atoms with Crippen molar-refractivity contribution in [2.24, 2.45) is 5.10 Å². The summed E-state index contributed by atoms with van der Waals surface area (Å²) in [6.45, 7) is 1.83. The molecule has 1 aromatic heterocycles. The number of hydrogen-bond acceptors (Lipinski definition) is 3. The van der Waals surface area contributed by atoms with Crippen LogP contribution in [-0.2, 0) is 0 Å². The summed E-state index contributed by atoms with van der Waals surface area (Å²) in [6.07, 6.45) is 1.48. The predicted octanol–water partition coefficient (Wildman–Crippen LogP) is 4.25. The second kappa shape index (κ2) is 7.51. The number of carbonyl (C=O) groups is 1. The normalized spacial score (nSPS) is 11.0. The van der Waals surface area contributed by atoms with E-state index in [9.17, 15) is 4.79 Å². The topological polar surface area (TPSA) is 59.3 Å². The highest BCUT2D eigenvalue weighted by molar-refractivity contribution is 6.32. The summed E-state index contributed by atoms with van der Waals surface area (Å²) < 4.78 is 1.62. The fourth-order valence-corrected chi connectivity index (χ4v) is 2.67. The lowest BCUT2D eigenvalue weighted by atomic mass is 10.2. The monoisotopic (exact) mass is 372 g/mol. The molecule has 7 heteroatoms. The van der Waals surface area contributed by atoms with Crippen LogP contribution in [0.5, 0.6) is 0 Å². The quantitative estimate of drug-likeness (QED) is 0.549. The summed E-state index contributed by atoms with van der Waals surface area (Å²) in [7, 11) is 0. The van der Waals surface area contributed by atoms with E-state index in [1.807, 2.05) is 37.3 Å². The van der Waals surface area contributed by atoms with E-state index in [-0.39, 0.29) is 5.91 Å². The van der Waals surface area contributed by atoms with Gasteiger partial charge in [0.05, 0.1) is 23.2 Å². The third kappa shape index (κ3) is 3.90. The molecule has 0 aliphatic carbocycles. The number of para-hydroxylation sites is 1. The Balaban J connectivity index is 1.77. The van der Waals surface area contributed by atoms with Crippen molar-refractivity contribution in [3.63, 3.8) is 0 Å². The number of halogens is 2. The maximum Gasteiger partial charge on any atom is 0.271 e. The molecule has 0 spiro atoms. The maximum absolute atomic E-state index is 12.0. The molecule has 0 saturated carbocycles. The first kappa shape index (κ1) is 17.2. The minimum absolute atomic E-state index is 0.336. The van der Waals surface area contributed by atoms with E-state index < -0.39 is 0 Å². The van der Waals surface area contributed by atoms with Gasteiger partial charge in [-0.3, -0.25) is 4.79 Å². The number of hydrazone groups is 1. The number of amides is 1. The largest absolute Gasteiger partial charge is 0.271 e. The van der Waals surface area contributed by atoms with Crippen molar-refractivity contribution < 1.29 is 4.79 Å². The predicted molar refractivity (Wildman–Crippen MR) is 99.8 cm³/mol. The minimum atomic E-state index is -0.336. The number of aryl methyl sites for hydroxylation is 1. The van der Waals surface area contributed by atoms with Crippen molar-refractivity contribution >= 4 is 35.3 Å². The van der Waals surface area contributed by atoms with Crippen LogP contribution in [0.4, 0.5) is 0 Å². The Labute approximate surface area is 154 Å². The Bertz CT molecular complexity index is 918. The van der Waals surface area contributed by atoms with Crippen molar-refractivity contribution in [1.82, 2.24) is 15.2 Å². The van der Waals surface area contributed by atoms with Gasteiger partial charge in [0.1, 0.15) is 5.15 Å². The zero-order chi connectivity index (χ0) is 17.8. The number of hydrogen-bond donors (Lipinski definition) is 1. The zero-order valence-electron chi connectivity index (χ0n) is 13.3.